The van der Waals surface area contributed by atoms with Crippen LogP contribution in [0.25, 0.3) is 0 Å². The van der Waals surface area contributed by atoms with E-state index in [-0.39, 0.29) is 28.3 Å². The van der Waals surface area contributed by atoms with E-state index >= 15 is 0 Å². The third-order valence-electron chi connectivity index (χ3n) is 4.83. The topological polar surface area (TPSA) is 119 Å². The smallest absolute Gasteiger partial charge is 0.338 e. The molecule has 3 aromatic carbocycles. The maximum absolute atomic E-state index is 13.0. The SMILES string of the molecule is COC(=O)c1cc(C(=O)Nc2ccccc2C(=O)N(C)Cc2ccccc2)cc([N+](=O)[O-])c1. The number of anilines is 1. The molecule has 33 heavy (non-hydrogen) atoms. The summed E-state index contributed by atoms with van der Waals surface area (Å²) < 4.78 is 4.61. The van der Waals surface area contributed by atoms with Gasteiger partial charge >= 0.3 is 5.97 Å². The van der Waals surface area contributed by atoms with Crippen LogP contribution >= 0.6 is 0 Å². The van der Waals surface area contributed by atoms with Crippen molar-refractivity contribution in [2.24, 2.45) is 0 Å². The highest BCUT2D eigenvalue weighted by Gasteiger charge is 2.21. The van der Waals surface area contributed by atoms with Gasteiger partial charge in [-0.05, 0) is 23.8 Å². The molecule has 3 rings (SSSR count). The minimum absolute atomic E-state index is 0.121. The summed E-state index contributed by atoms with van der Waals surface area (Å²) in [7, 11) is 2.78. The molecule has 2 amide bonds. The quantitative estimate of drug-likeness (QED) is 0.333. The Hall–Kier alpha value is -4.53. The van der Waals surface area contributed by atoms with Crippen LogP contribution < -0.4 is 5.32 Å². The van der Waals surface area contributed by atoms with Gasteiger partial charge in [-0.25, -0.2) is 4.79 Å². The maximum atomic E-state index is 13.0. The largest absolute Gasteiger partial charge is 0.465 e. The molecule has 9 heteroatoms. The molecular weight excluding hydrogens is 426 g/mol. The Labute approximate surface area is 189 Å². The van der Waals surface area contributed by atoms with E-state index in [4.69, 9.17) is 0 Å². The van der Waals surface area contributed by atoms with Crippen molar-refractivity contribution in [2.45, 2.75) is 6.54 Å². The number of ether oxygens (including phenoxy) is 1. The molecule has 1 N–H and O–H groups in total. The Kier molecular flexibility index (Phi) is 7.14. The van der Waals surface area contributed by atoms with Crippen LogP contribution in [-0.4, -0.2) is 41.8 Å². The molecule has 0 unspecified atom stereocenters. The van der Waals surface area contributed by atoms with Crippen molar-refractivity contribution in [2.75, 3.05) is 19.5 Å². The lowest BCUT2D eigenvalue weighted by Gasteiger charge is -2.19. The van der Waals surface area contributed by atoms with Gasteiger partial charge in [0.2, 0.25) is 0 Å². The van der Waals surface area contributed by atoms with Gasteiger partial charge in [0.15, 0.2) is 0 Å². The highest BCUT2D eigenvalue weighted by atomic mass is 16.6. The second-order valence-corrected chi connectivity index (χ2v) is 7.16. The summed E-state index contributed by atoms with van der Waals surface area (Å²) in [6.07, 6.45) is 0. The van der Waals surface area contributed by atoms with E-state index in [1.54, 1.807) is 31.3 Å². The Morgan fingerprint density at radius 3 is 2.27 bits per heavy atom. The molecule has 0 aliphatic heterocycles. The van der Waals surface area contributed by atoms with Gasteiger partial charge in [-0.2, -0.15) is 0 Å². The maximum Gasteiger partial charge on any atom is 0.338 e. The number of carbonyl (C=O) groups is 3. The first kappa shape index (κ1) is 23.1. The van der Waals surface area contributed by atoms with Crippen molar-refractivity contribution in [3.8, 4) is 0 Å². The van der Waals surface area contributed by atoms with Crippen LogP contribution in [0.4, 0.5) is 11.4 Å². The molecule has 9 nitrogen and oxygen atoms in total. The fourth-order valence-electron chi connectivity index (χ4n) is 3.19. The predicted molar refractivity (Wildman–Crippen MR) is 121 cm³/mol. The molecule has 0 heterocycles. The summed E-state index contributed by atoms with van der Waals surface area (Å²) in [5, 5.41) is 13.9. The fourth-order valence-corrected chi connectivity index (χ4v) is 3.19. The Morgan fingerprint density at radius 1 is 0.970 bits per heavy atom. The molecule has 0 saturated carbocycles. The molecule has 0 aromatic heterocycles. The van der Waals surface area contributed by atoms with Gasteiger partial charge < -0.3 is 15.0 Å². The number of amides is 2. The van der Waals surface area contributed by atoms with Crippen molar-refractivity contribution in [3.05, 3.63) is 105 Å². The van der Waals surface area contributed by atoms with Gasteiger partial charge in [-0.15, -0.1) is 0 Å². The molecule has 0 atom stereocenters. The Morgan fingerprint density at radius 2 is 1.61 bits per heavy atom. The van der Waals surface area contributed by atoms with Crippen LogP contribution in [0.1, 0.15) is 36.6 Å². The number of rotatable bonds is 7. The number of carbonyl (C=O) groups excluding carboxylic acids is 3. The molecule has 0 aliphatic carbocycles. The second-order valence-electron chi connectivity index (χ2n) is 7.16. The minimum atomic E-state index is -0.814. The van der Waals surface area contributed by atoms with Crippen molar-refractivity contribution in [1.29, 1.82) is 0 Å². The number of para-hydroxylation sites is 1. The van der Waals surface area contributed by atoms with Crippen molar-refractivity contribution < 1.29 is 24.0 Å². The predicted octanol–water partition coefficient (Wildman–Crippen LogP) is 3.91. The molecule has 0 aliphatic rings. The van der Waals surface area contributed by atoms with Crippen LogP contribution in [0, 0.1) is 10.1 Å². The lowest BCUT2D eigenvalue weighted by molar-refractivity contribution is -0.384. The molecule has 0 saturated heterocycles. The number of hydrogen-bond acceptors (Lipinski definition) is 6. The van der Waals surface area contributed by atoms with E-state index < -0.39 is 22.5 Å². The number of esters is 1. The number of nitrogens with zero attached hydrogens (tertiary/aromatic N) is 2. The average molecular weight is 447 g/mol. The van der Waals surface area contributed by atoms with E-state index in [1.807, 2.05) is 30.3 Å². The molecule has 0 radical (unpaired) electrons. The van der Waals surface area contributed by atoms with E-state index in [9.17, 15) is 24.5 Å². The highest BCUT2D eigenvalue weighted by Crippen LogP contribution is 2.22. The summed E-state index contributed by atoms with van der Waals surface area (Å²) in [5.41, 5.74) is 0.742. The van der Waals surface area contributed by atoms with Gasteiger partial charge in [0.25, 0.3) is 17.5 Å². The number of nitro benzene ring substituents is 1. The lowest BCUT2D eigenvalue weighted by Crippen LogP contribution is -2.27. The number of nitrogens with one attached hydrogen (secondary N) is 1. The summed E-state index contributed by atoms with van der Waals surface area (Å²) in [4.78, 5) is 49.8. The Bertz CT molecular complexity index is 1210. The standard InChI is InChI=1S/C24H21N3O6/c1-26(15-16-8-4-3-5-9-16)23(29)20-10-6-7-11-21(20)25-22(28)17-12-18(24(30)33-2)14-19(13-17)27(31)32/h3-14H,15H2,1-2H3,(H,25,28). The van der Waals surface area contributed by atoms with E-state index in [0.29, 0.717) is 6.54 Å². The molecular formula is C24H21N3O6. The number of nitro groups is 1. The zero-order valence-corrected chi connectivity index (χ0v) is 18.0. The van der Waals surface area contributed by atoms with Gasteiger partial charge in [0, 0.05) is 31.3 Å². The van der Waals surface area contributed by atoms with E-state index in [1.165, 1.54) is 11.0 Å². The third kappa shape index (κ3) is 5.59. The number of benzene rings is 3. The monoisotopic (exact) mass is 447 g/mol. The molecule has 0 fully saturated rings. The van der Waals surface area contributed by atoms with Crippen molar-refractivity contribution in [1.82, 2.24) is 4.90 Å². The molecule has 168 valence electrons. The van der Waals surface area contributed by atoms with Gasteiger partial charge in [-0.1, -0.05) is 42.5 Å². The van der Waals surface area contributed by atoms with E-state index in [0.717, 1.165) is 24.8 Å². The lowest BCUT2D eigenvalue weighted by atomic mass is 10.1. The summed E-state index contributed by atoms with van der Waals surface area (Å²) in [6.45, 7) is 0.370. The summed E-state index contributed by atoms with van der Waals surface area (Å²) in [5.74, 6) is -1.84. The summed E-state index contributed by atoms with van der Waals surface area (Å²) in [6, 6.07) is 19.2. The number of non-ortho nitro benzene ring substituents is 1. The van der Waals surface area contributed by atoms with Crippen LogP contribution in [0.5, 0.6) is 0 Å². The third-order valence-corrected chi connectivity index (χ3v) is 4.83. The number of methoxy groups -OCH3 is 1. The normalized spacial score (nSPS) is 10.2. The summed E-state index contributed by atoms with van der Waals surface area (Å²) >= 11 is 0. The fraction of sp³-hybridized carbons (Fsp3) is 0.125. The number of hydrogen-bond donors (Lipinski definition) is 1. The van der Waals surface area contributed by atoms with Gasteiger partial charge in [-0.3, -0.25) is 19.7 Å². The first-order valence-corrected chi connectivity index (χ1v) is 9.87. The second kappa shape index (κ2) is 10.2. The van der Waals surface area contributed by atoms with Crippen molar-refractivity contribution >= 4 is 29.2 Å². The zero-order valence-electron chi connectivity index (χ0n) is 18.0. The van der Waals surface area contributed by atoms with Crippen molar-refractivity contribution in [3.63, 3.8) is 0 Å². The van der Waals surface area contributed by atoms with Crippen LogP contribution in [-0.2, 0) is 11.3 Å². The van der Waals surface area contributed by atoms with Crippen LogP contribution in [0.2, 0.25) is 0 Å². The molecule has 3 aromatic rings. The van der Waals surface area contributed by atoms with Crippen LogP contribution in [0.15, 0.2) is 72.8 Å². The minimum Gasteiger partial charge on any atom is -0.465 e. The van der Waals surface area contributed by atoms with Gasteiger partial charge in [0.05, 0.1) is 28.8 Å². The molecule has 0 bridgehead atoms. The molecule has 0 spiro atoms. The average Bonchev–Trinajstić information content (AvgIpc) is 2.83. The first-order valence-electron chi connectivity index (χ1n) is 9.87. The Balaban J connectivity index is 1.87. The van der Waals surface area contributed by atoms with Crippen LogP contribution in [0.3, 0.4) is 0 Å². The van der Waals surface area contributed by atoms with Gasteiger partial charge in [0.1, 0.15) is 0 Å². The zero-order chi connectivity index (χ0) is 24.0. The first-order chi connectivity index (χ1) is 15.8. The van der Waals surface area contributed by atoms with E-state index in [2.05, 4.69) is 10.1 Å². The highest BCUT2D eigenvalue weighted by molar-refractivity contribution is 6.10.